The smallest absolute Gasteiger partial charge is 0.264 e. The standard InChI is InChI=1S/C10H9Cl3O3/c1-15-5-9(10(13)14)16-8-3-6(11)2-7(12)4-8/h2-4,9H,5H2,1H3. The topological polar surface area (TPSA) is 35.5 Å². The van der Waals surface area contributed by atoms with Gasteiger partial charge in [0.05, 0.1) is 6.61 Å². The number of carbonyl (C=O) groups excluding carboxylic acids is 1. The highest BCUT2D eigenvalue weighted by atomic mass is 35.5. The van der Waals surface area contributed by atoms with Gasteiger partial charge in [0.15, 0.2) is 6.10 Å². The summed E-state index contributed by atoms with van der Waals surface area (Å²) in [5.74, 6) is 0.369. The van der Waals surface area contributed by atoms with Gasteiger partial charge in [-0.15, -0.1) is 0 Å². The lowest BCUT2D eigenvalue weighted by atomic mass is 10.3. The van der Waals surface area contributed by atoms with Crippen LogP contribution in [-0.2, 0) is 9.53 Å². The van der Waals surface area contributed by atoms with Crippen molar-refractivity contribution in [1.29, 1.82) is 0 Å². The van der Waals surface area contributed by atoms with Gasteiger partial charge in [0.25, 0.3) is 5.24 Å². The first-order chi connectivity index (χ1) is 7.52. The lowest BCUT2D eigenvalue weighted by Crippen LogP contribution is -2.28. The average molecular weight is 284 g/mol. The number of ether oxygens (including phenoxy) is 2. The van der Waals surface area contributed by atoms with E-state index in [4.69, 9.17) is 44.3 Å². The van der Waals surface area contributed by atoms with Crippen LogP contribution in [0.25, 0.3) is 0 Å². The second kappa shape index (κ2) is 6.30. The van der Waals surface area contributed by atoms with Gasteiger partial charge in [0.2, 0.25) is 0 Å². The van der Waals surface area contributed by atoms with Crippen LogP contribution in [0.15, 0.2) is 18.2 Å². The first-order valence-corrected chi connectivity index (χ1v) is 5.47. The fourth-order valence-electron chi connectivity index (χ4n) is 1.06. The zero-order valence-electron chi connectivity index (χ0n) is 8.38. The molecular weight excluding hydrogens is 274 g/mol. The van der Waals surface area contributed by atoms with Crippen LogP contribution in [0.2, 0.25) is 10.0 Å². The number of benzene rings is 1. The summed E-state index contributed by atoms with van der Waals surface area (Å²) in [5, 5.41) is 0.194. The van der Waals surface area contributed by atoms with E-state index in [0.717, 1.165) is 0 Å². The molecule has 6 heteroatoms. The highest BCUT2D eigenvalue weighted by Crippen LogP contribution is 2.25. The maximum Gasteiger partial charge on any atom is 0.264 e. The molecule has 1 unspecified atom stereocenters. The van der Waals surface area contributed by atoms with Crippen LogP contribution in [0.3, 0.4) is 0 Å². The summed E-state index contributed by atoms with van der Waals surface area (Å²) in [6.45, 7) is 0.0620. The van der Waals surface area contributed by atoms with Gasteiger partial charge in [0.1, 0.15) is 5.75 Å². The van der Waals surface area contributed by atoms with Crippen molar-refractivity contribution in [3.05, 3.63) is 28.2 Å². The van der Waals surface area contributed by atoms with Crippen molar-refractivity contribution in [2.75, 3.05) is 13.7 Å². The molecule has 1 aromatic carbocycles. The summed E-state index contributed by atoms with van der Waals surface area (Å²) in [6.07, 6.45) is -0.874. The molecule has 0 aromatic heterocycles. The highest BCUT2D eigenvalue weighted by molar-refractivity contribution is 6.64. The van der Waals surface area contributed by atoms with E-state index in [-0.39, 0.29) is 6.61 Å². The molecule has 0 bridgehead atoms. The fourth-order valence-corrected chi connectivity index (χ4v) is 1.67. The predicted molar refractivity (Wildman–Crippen MR) is 63.6 cm³/mol. The molecule has 16 heavy (non-hydrogen) atoms. The van der Waals surface area contributed by atoms with Crippen LogP contribution in [0.1, 0.15) is 0 Å². The van der Waals surface area contributed by atoms with Gasteiger partial charge in [-0.3, -0.25) is 4.79 Å². The van der Waals surface area contributed by atoms with Crippen LogP contribution in [0.5, 0.6) is 5.75 Å². The van der Waals surface area contributed by atoms with Gasteiger partial charge in [0, 0.05) is 17.2 Å². The average Bonchev–Trinajstić information content (AvgIpc) is 2.15. The van der Waals surface area contributed by atoms with Crippen molar-refractivity contribution in [2.24, 2.45) is 0 Å². The third-order valence-corrected chi connectivity index (χ3v) is 2.37. The molecule has 0 aliphatic rings. The molecule has 0 fully saturated rings. The maximum absolute atomic E-state index is 11.0. The lowest BCUT2D eigenvalue weighted by molar-refractivity contribution is -0.119. The monoisotopic (exact) mass is 282 g/mol. The summed E-state index contributed by atoms with van der Waals surface area (Å²) in [6, 6.07) is 4.63. The molecule has 0 aliphatic carbocycles. The molecule has 88 valence electrons. The van der Waals surface area contributed by atoms with Crippen molar-refractivity contribution in [1.82, 2.24) is 0 Å². The number of methoxy groups -OCH3 is 1. The number of rotatable bonds is 5. The zero-order valence-corrected chi connectivity index (χ0v) is 10.6. The molecule has 0 heterocycles. The molecule has 3 nitrogen and oxygen atoms in total. The van der Waals surface area contributed by atoms with E-state index in [2.05, 4.69) is 0 Å². The molecule has 0 amide bonds. The SMILES string of the molecule is COCC(Oc1cc(Cl)cc(Cl)c1)C(=O)Cl. The minimum absolute atomic E-state index is 0.0620. The Labute approximate surface area is 108 Å². The number of halogens is 3. The van der Waals surface area contributed by atoms with Crippen molar-refractivity contribution in [2.45, 2.75) is 6.10 Å². The van der Waals surface area contributed by atoms with E-state index < -0.39 is 11.3 Å². The Hall–Kier alpha value is -0.480. The normalized spacial score (nSPS) is 12.2. The molecule has 1 atom stereocenters. The van der Waals surface area contributed by atoms with Crippen molar-refractivity contribution in [3.63, 3.8) is 0 Å². The Kier molecular flexibility index (Phi) is 5.35. The Morgan fingerprint density at radius 3 is 2.31 bits per heavy atom. The van der Waals surface area contributed by atoms with Crippen LogP contribution in [-0.4, -0.2) is 25.1 Å². The number of carbonyl (C=O) groups is 1. The van der Waals surface area contributed by atoms with Crippen LogP contribution in [0, 0.1) is 0 Å². The van der Waals surface area contributed by atoms with Crippen molar-refractivity contribution in [3.8, 4) is 5.75 Å². The Balaban J connectivity index is 2.80. The minimum Gasteiger partial charge on any atom is -0.479 e. The van der Waals surface area contributed by atoms with E-state index in [1.54, 1.807) is 6.07 Å². The molecule has 0 aliphatic heterocycles. The van der Waals surface area contributed by atoms with Gasteiger partial charge in [-0.05, 0) is 29.8 Å². The van der Waals surface area contributed by atoms with Crippen molar-refractivity contribution >= 4 is 40.0 Å². The first kappa shape index (κ1) is 13.6. The van der Waals surface area contributed by atoms with Gasteiger partial charge >= 0.3 is 0 Å². The van der Waals surface area contributed by atoms with Gasteiger partial charge in [-0.1, -0.05) is 23.2 Å². The summed E-state index contributed by atoms with van der Waals surface area (Å²) in [4.78, 5) is 11.0. The molecule has 0 saturated heterocycles. The fraction of sp³-hybridized carbons (Fsp3) is 0.300. The third-order valence-electron chi connectivity index (χ3n) is 1.69. The number of hydrogen-bond donors (Lipinski definition) is 0. The molecule has 1 aromatic rings. The highest BCUT2D eigenvalue weighted by Gasteiger charge is 2.18. The second-order valence-electron chi connectivity index (χ2n) is 2.97. The summed E-state index contributed by atoms with van der Waals surface area (Å²) >= 11 is 16.9. The van der Waals surface area contributed by atoms with Crippen LogP contribution < -0.4 is 4.74 Å². The van der Waals surface area contributed by atoms with E-state index in [1.807, 2.05) is 0 Å². The maximum atomic E-state index is 11.0. The summed E-state index contributed by atoms with van der Waals surface area (Å²) in [5.41, 5.74) is 0. The molecule has 0 radical (unpaired) electrons. The quantitative estimate of drug-likeness (QED) is 0.779. The largest absolute Gasteiger partial charge is 0.479 e. The van der Waals surface area contributed by atoms with E-state index in [0.29, 0.717) is 15.8 Å². The molecule has 0 saturated carbocycles. The molecule has 0 N–H and O–H groups in total. The molecule has 0 spiro atoms. The van der Waals surface area contributed by atoms with E-state index >= 15 is 0 Å². The summed E-state index contributed by atoms with van der Waals surface area (Å²) < 4.78 is 10.1. The Morgan fingerprint density at radius 2 is 1.88 bits per heavy atom. The van der Waals surface area contributed by atoms with Crippen molar-refractivity contribution < 1.29 is 14.3 Å². The third kappa shape index (κ3) is 4.18. The van der Waals surface area contributed by atoms with Crippen LogP contribution in [0.4, 0.5) is 0 Å². The first-order valence-electron chi connectivity index (χ1n) is 4.34. The van der Waals surface area contributed by atoms with E-state index in [1.165, 1.54) is 19.2 Å². The van der Waals surface area contributed by atoms with Crippen LogP contribution >= 0.6 is 34.8 Å². The summed E-state index contributed by atoms with van der Waals surface area (Å²) in [7, 11) is 1.45. The Bertz CT molecular complexity index is 361. The minimum atomic E-state index is -0.874. The zero-order chi connectivity index (χ0) is 12.1. The molecule has 1 rings (SSSR count). The Morgan fingerprint density at radius 1 is 1.31 bits per heavy atom. The second-order valence-corrected chi connectivity index (χ2v) is 4.22. The van der Waals surface area contributed by atoms with E-state index in [9.17, 15) is 4.79 Å². The number of hydrogen-bond acceptors (Lipinski definition) is 3. The lowest BCUT2D eigenvalue weighted by Gasteiger charge is -2.14. The van der Waals surface area contributed by atoms with Gasteiger partial charge in [-0.2, -0.15) is 0 Å². The van der Waals surface area contributed by atoms with Gasteiger partial charge < -0.3 is 9.47 Å². The van der Waals surface area contributed by atoms with Gasteiger partial charge in [-0.25, -0.2) is 0 Å². The predicted octanol–water partition coefficient (Wildman–Crippen LogP) is 3.15. The molecular formula is C10H9Cl3O3.